The first-order chi connectivity index (χ1) is 32.6. The first-order valence-electron chi connectivity index (χ1n) is 23.4. The lowest BCUT2D eigenvalue weighted by atomic mass is 9.93. The van der Waals surface area contributed by atoms with Crippen molar-refractivity contribution >= 4 is 23.9 Å². The Morgan fingerprint density at radius 1 is 0.537 bits per heavy atom. The molecular weight excluding hydrogens is 829 g/mol. The largest absolute Gasteiger partial charge is 0.435 e. The van der Waals surface area contributed by atoms with Crippen molar-refractivity contribution in [1.29, 1.82) is 0 Å². The van der Waals surface area contributed by atoms with Crippen LogP contribution in [0.15, 0.2) is 172 Å². The summed E-state index contributed by atoms with van der Waals surface area (Å²) < 4.78 is 16.7. The lowest BCUT2D eigenvalue weighted by Gasteiger charge is -2.15. The number of hydrogen-bond acceptors (Lipinski definition) is 8. The highest BCUT2D eigenvalue weighted by Gasteiger charge is 2.18. The Balaban J connectivity index is 0.000000173. The number of nitrogens with zero attached hydrogens (tertiary/aromatic N) is 3. The Morgan fingerprint density at radius 2 is 0.940 bits per heavy atom. The third-order valence-corrected chi connectivity index (χ3v) is 11.3. The van der Waals surface area contributed by atoms with Crippen molar-refractivity contribution in [2.24, 2.45) is 4.99 Å². The Morgan fingerprint density at radius 3 is 1.34 bits per heavy atom. The van der Waals surface area contributed by atoms with Crippen LogP contribution in [0.1, 0.15) is 118 Å². The lowest BCUT2D eigenvalue weighted by Crippen LogP contribution is -2.00. The van der Waals surface area contributed by atoms with E-state index in [2.05, 4.69) is 102 Å². The molecule has 1 aliphatic heterocycles. The molecule has 0 amide bonds. The normalized spacial score (nSPS) is 12.0. The first-order valence-corrected chi connectivity index (χ1v) is 23.4. The number of nitrogens with two attached hydrogens (primary N) is 1. The number of aryl methyl sites for hydroxylation is 1. The number of benzene rings is 6. The zero-order valence-corrected chi connectivity index (χ0v) is 40.0. The summed E-state index contributed by atoms with van der Waals surface area (Å²) in [6.07, 6.45) is 5.96. The van der Waals surface area contributed by atoms with Crippen LogP contribution >= 0.6 is 0 Å². The zero-order chi connectivity index (χ0) is 47.5. The number of hydrogen-bond donors (Lipinski definition) is 1. The number of aliphatic imine (C=N–C) groups is 1. The summed E-state index contributed by atoms with van der Waals surface area (Å²) >= 11 is 0. The van der Waals surface area contributed by atoms with Crippen LogP contribution in [0.5, 0.6) is 0 Å². The summed E-state index contributed by atoms with van der Waals surface area (Å²) in [5.41, 5.74) is 18.4. The molecule has 1 fully saturated rings. The molecule has 2 N–H and O–H groups in total. The summed E-state index contributed by atoms with van der Waals surface area (Å²) in [5, 5.41) is 0. The topological polar surface area (TPSA) is 117 Å². The van der Waals surface area contributed by atoms with Gasteiger partial charge in [0, 0.05) is 41.2 Å². The summed E-state index contributed by atoms with van der Waals surface area (Å²) in [6.45, 7) is 17.3. The van der Waals surface area contributed by atoms with E-state index in [0.717, 1.165) is 64.7 Å². The van der Waals surface area contributed by atoms with Gasteiger partial charge in [0.15, 0.2) is 11.5 Å². The third-order valence-electron chi connectivity index (χ3n) is 11.3. The third kappa shape index (κ3) is 13.5. The molecule has 0 unspecified atom stereocenters. The van der Waals surface area contributed by atoms with Crippen molar-refractivity contribution in [3.8, 4) is 45.2 Å². The maximum absolute atomic E-state index is 10.9. The zero-order valence-electron chi connectivity index (χ0n) is 40.0. The van der Waals surface area contributed by atoms with Crippen LogP contribution in [0.3, 0.4) is 0 Å². The van der Waals surface area contributed by atoms with Gasteiger partial charge in [0.05, 0.1) is 11.9 Å². The molecule has 8 heteroatoms. The standard InChI is InChI=1S/C28H28N2O.C16H11NO2.C11H17N.C4H8O/c1-19(2)23-16-11-17-24(20(3)4)27(23)29-18-25-30-26(21-12-7-5-8-13-21)28(31-25)22-14-9-6-10-15-22;18-11-14-17-15(12-7-3-1-4-8-12)16(19-14)13-9-5-2-6-10-13;1-4-9-6-5-7-10(8(2)3)11(9)12;1-2-4-5-3-1/h5-20H,1-4H3;1-11H;5-8H,4,12H2,1-3H3;1-4H2. The molecule has 8 aromatic rings. The lowest BCUT2D eigenvalue weighted by molar-refractivity contribution is 0.109. The maximum Gasteiger partial charge on any atom is 0.260 e. The molecule has 0 saturated carbocycles. The van der Waals surface area contributed by atoms with Gasteiger partial charge in [-0.1, -0.05) is 206 Å². The van der Waals surface area contributed by atoms with E-state index in [9.17, 15) is 4.79 Å². The fraction of sp³-hybridized carbons (Fsp3) is 0.254. The van der Waals surface area contributed by atoms with Gasteiger partial charge in [0.2, 0.25) is 12.2 Å². The van der Waals surface area contributed by atoms with E-state index < -0.39 is 0 Å². The van der Waals surface area contributed by atoms with Gasteiger partial charge in [-0.2, -0.15) is 0 Å². The quantitative estimate of drug-likeness (QED) is 0.0780. The van der Waals surface area contributed by atoms with Crippen LogP contribution < -0.4 is 5.73 Å². The van der Waals surface area contributed by atoms with Crippen LogP contribution in [-0.2, 0) is 11.2 Å². The number of aldehydes is 1. The SMILES string of the molecule is C1CCOC1.CC(C)c1cccc(C(C)C)c1N=Cc1nc(-c2ccccc2)c(-c2ccccc2)o1.CCc1cccc(C(C)C)c1N.O=Cc1nc(-c2ccccc2)c(-c2ccccc2)o1. The molecule has 67 heavy (non-hydrogen) atoms. The van der Waals surface area contributed by atoms with Gasteiger partial charge in [0.25, 0.3) is 5.89 Å². The van der Waals surface area contributed by atoms with Crippen molar-refractivity contribution in [2.45, 2.75) is 85.5 Å². The van der Waals surface area contributed by atoms with Gasteiger partial charge in [-0.3, -0.25) is 9.79 Å². The molecule has 0 aliphatic carbocycles. The minimum atomic E-state index is 0.0951. The highest BCUT2D eigenvalue weighted by Crippen LogP contribution is 2.36. The van der Waals surface area contributed by atoms with Crippen LogP contribution in [0.25, 0.3) is 45.2 Å². The molecule has 3 heterocycles. The number of ether oxygens (including phenoxy) is 1. The number of oxazole rings is 2. The van der Waals surface area contributed by atoms with Crippen molar-refractivity contribution in [3.05, 3.63) is 192 Å². The van der Waals surface area contributed by atoms with E-state index in [1.807, 2.05) is 109 Å². The van der Waals surface area contributed by atoms with E-state index >= 15 is 0 Å². The van der Waals surface area contributed by atoms with E-state index in [4.69, 9.17) is 29.3 Å². The summed E-state index contributed by atoms with van der Waals surface area (Å²) in [4.78, 5) is 24.8. The van der Waals surface area contributed by atoms with Crippen molar-refractivity contribution in [3.63, 3.8) is 0 Å². The Hall–Kier alpha value is -7.16. The second kappa shape index (κ2) is 24.9. The second-order valence-electron chi connectivity index (χ2n) is 17.1. The van der Waals surface area contributed by atoms with Gasteiger partial charge >= 0.3 is 0 Å². The summed E-state index contributed by atoms with van der Waals surface area (Å²) in [7, 11) is 0. The predicted octanol–water partition coefficient (Wildman–Crippen LogP) is 15.6. The Kier molecular flexibility index (Phi) is 18.3. The first kappa shape index (κ1) is 49.3. The molecule has 1 aliphatic rings. The molecule has 2 aromatic heterocycles. The van der Waals surface area contributed by atoms with Crippen LogP contribution in [0.4, 0.5) is 11.4 Å². The Labute approximate surface area is 397 Å². The molecule has 6 aromatic carbocycles. The van der Waals surface area contributed by atoms with Gasteiger partial charge in [0.1, 0.15) is 11.4 Å². The average molecular weight is 893 g/mol. The summed E-state index contributed by atoms with van der Waals surface area (Å²) in [6, 6.07) is 52.3. The number of carbonyl (C=O) groups excluding carboxylic acids is 1. The van der Waals surface area contributed by atoms with Gasteiger partial charge in [-0.05, 0) is 59.3 Å². The van der Waals surface area contributed by atoms with Crippen molar-refractivity contribution < 1.29 is 18.4 Å². The van der Waals surface area contributed by atoms with Crippen LogP contribution in [0, 0.1) is 0 Å². The minimum absolute atomic E-state index is 0.0951. The van der Waals surface area contributed by atoms with Gasteiger partial charge in [-0.15, -0.1) is 0 Å². The minimum Gasteiger partial charge on any atom is -0.435 e. The second-order valence-corrected chi connectivity index (χ2v) is 17.1. The number of rotatable bonds is 11. The smallest absolute Gasteiger partial charge is 0.260 e. The number of nitrogen functional groups attached to an aromatic ring is 1. The maximum atomic E-state index is 10.9. The fourth-order valence-corrected chi connectivity index (χ4v) is 7.67. The summed E-state index contributed by atoms with van der Waals surface area (Å²) in [5.74, 6) is 3.27. The highest BCUT2D eigenvalue weighted by atomic mass is 16.5. The molecule has 0 radical (unpaired) electrons. The number of para-hydroxylation sites is 2. The Bertz CT molecular complexity index is 2610. The van der Waals surface area contributed by atoms with E-state index in [1.165, 1.54) is 35.1 Å². The van der Waals surface area contributed by atoms with Crippen molar-refractivity contribution in [2.75, 3.05) is 18.9 Å². The molecule has 0 spiro atoms. The predicted molar refractivity (Wildman–Crippen MR) is 276 cm³/mol. The molecule has 344 valence electrons. The molecule has 1 saturated heterocycles. The van der Waals surface area contributed by atoms with E-state index in [0.29, 0.717) is 41.4 Å². The number of anilines is 1. The highest BCUT2D eigenvalue weighted by molar-refractivity contribution is 5.84. The van der Waals surface area contributed by atoms with Gasteiger partial charge in [-0.25, -0.2) is 9.97 Å². The van der Waals surface area contributed by atoms with E-state index in [-0.39, 0.29) is 5.89 Å². The average Bonchev–Trinajstić information content (AvgIpc) is 4.18. The van der Waals surface area contributed by atoms with Crippen LogP contribution in [0.2, 0.25) is 0 Å². The molecule has 8 nitrogen and oxygen atoms in total. The van der Waals surface area contributed by atoms with E-state index in [1.54, 1.807) is 6.21 Å². The molecule has 9 rings (SSSR count). The number of aromatic nitrogens is 2. The molecular formula is C59H64N4O4. The van der Waals surface area contributed by atoms with Crippen LogP contribution in [-0.4, -0.2) is 35.7 Å². The number of carbonyl (C=O) groups is 1. The fourth-order valence-electron chi connectivity index (χ4n) is 7.67. The van der Waals surface area contributed by atoms with Gasteiger partial charge < -0.3 is 19.3 Å². The van der Waals surface area contributed by atoms with Crippen molar-refractivity contribution in [1.82, 2.24) is 9.97 Å². The monoisotopic (exact) mass is 892 g/mol. The molecule has 0 atom stereocenters. The molecule has 0 bridgehead atoms.